The quantitative estimate of drug-likeness (QED) is 0.660. The molecule has 1 saturated heterocycles. The summed E-state index contributed by atoms with van der Waals surface area (Å²) in [6, 6.07) is 16.1. The Labute approximate surface area is 180 Å². The summed E-state index contributed by atoms with van der Waals surface area (Å²) in [6.45, 7) is 1.07. The van der Waals surface area contributed by atoms with Gasteiger partial charge >= 0.3 is 0 Å². The molecule has 1 N–H and O–H groups in total. The molecule has 1 aromatic heterocycles. The molecule has 0 unspecified atom stereocenters. The van der Waals surface area contributed by atoms with Crippen LogP contribution in [-0.4, -0.2) is 41.5 Å². The zero-order chi connectivity index (χ0) is 22.0. The van der Waals surface area contributed by atoms with E-state index in [2.05, 4.69) is 10.4 Å². The van der Waals surface area contributed by atoms with Crippen LogP contribution in [0.3, 0.4) is 0 Å². The molecule has 160 valence electrons. The number of hydrogen-bond acceptors (Lipinski definition) is 5. The van der Waals surface area contributed by atoms with Crippen LogP contribution in [-0.2, 0) is 17.1 Å². The Balaban J connectivity index is 1.45. The fraction of sp³-hybridized carbons (Fsp3) is 0.227. The van der Waals surface area contributed by atoms with E-state index in [-0.39, 0.29) is 16.4 Å². The summed E-state index contributed by atoms with van der Waals surface area (Å²) < 4.78 is 27.9. The second-order valence-corrected chi connectivity index (χ2v) is 9.29. The standard InChI is InChI=1S/C22H22N4O4S/c1-25-21(27)13-12-20(24-25)16-4-8-18(9-5-16)23-22(28)17-6-10-19(11-7-17)31(29,30)26-14-2-3-15-26/h4-13H,2-3,14-15H2,1H3,(H,23,28). The average molecular weight is 439 g/mol. The van der Waals surface area contributed by atoms with Crippen molar-refractivity contribution >= 4 is 21.6 Å². The molecule has 0 spiro atoms. The fourth-order valence-corrected chi connectivity index (χ4v) is 4.96. The largest absolute Gasteiger partial charge is 0.322 e. The van der Waals surface area contributed by atoms with Gasteiger partial charge in [-0.3, -0.25) is 9.59 Å². The third kappa shape index (κ3) is 4.42. The van der Waals surface area contributed by atoms with E-state index in [4.69, 9.17) is 0 Å². The second kappa shape index (κ2) is 8.44. The number of benzene rings is 2. The van der Waals surface area contributed by atoms with Crippen LogP contribution in [0.2, 0.25) is 0 Å². The van der Waals surface area contributed by atoms with Gasteiger partial charge in [0.1, 0.15) is 0 Å². The van der Waals surface area contributed by atoms with Gasteiger partial charge in [0.15, 0.2) is 0 Å². The normalized spacial score (nSPS) is 14.5. The summed E-state index contributed by atoms with van der Waals surface area (Å²) in [7, 11) is -1.92. The van der Waals surface area contributed by atoms with Crippen LogP contribution in [0.4, 0.5) is 5.69 Å². The summed E-state index contributed by atoms with van der Waals surface area (Å²) >= 11 is 0. The SMILES string of the molecule is Cn1nc(-c2ccc(NC(=O)c3ccc(S(=O)(=O)N4CCCC4)cc3)cc2)ccc1=O. The van der Waals surface area contributed by atoms with Gasteiger partial charge in [0.2, 0.25) is 10.0 Å². The monoisotopic (exact) mass is 438 g/mol. The van der Waals surface area contributed by atoms with E-state index >= 15 is 0 Å². The van der Waals surface area contributed by atoms with E-state index in [0.29, 0.717) is 30.0 Å². The molecule has 0 bridgehead atoms. The zero-order valence-electron chi connectivity index (χ0n) is 17.0. The van der Waals surface area contributed by atoms with E-state index in [1.165, 1.54) is 39.3 Å². The van der Waals surface area contributed by atoms with Crippen molar-refractivity contribution < 1.29 is 13.2 Å². The summed E-state index contributed by atoms with van der Waals surface area (Å²) in [5.41, 5.74) is 2.23. The first-order chi connectivity index (χ1) is 14.8. The van der Waals surface area contributed by atoms with Gasteiger partial charge in [-0.25, -0.2) is 13.1 Å². The number of sulfonamides is 1. The molecule has 0 radical (unpaired) electrons. The molecular weight excluding hydrogens is 416 g/mol. The van der Waals surface area contributed by atoms with Crippen LogP contribution in [0.15, 0.2) is 70.4 Å². The number of carbonyl (C=O) groups is 1. The van der Waals surface area contributed by atoms with Crippen LogP contribution in [0.5, 0.6) is 0 Å². The molecule has 2 aromatic carbocycles. The van der Waals surface area contributed by atoms with Crippen molar-refractivity contribution in [2.75, 3.05) is 18.4 Å². The van der Waals surface area contributed by atoms with Crippen molar-refractivity contribution in [3.05, 3.63) is 76.6 Å². The summed E-state index contributed by atoms with van der Waals surface area (Å²) in [5, 5.41) is 7.00. The smallest absolute Gasteiger partial charge is 0.266 e. The van der Waals surface area contributed by atoms with Crippen LogP contribution >= 0.6 is 0 Å². The Bertz CT molecular complexity index is 1260. The maximum atomic E-state index is 12.6. The zero-order valence-corrected chi connectivity index (χ0v) is 17.8. The van der Waals surface area contributed by atoms with Crippen molar-refractivity contribution in [2.45, 2.75) is 17.7 Å². The molecule has 2 heterocycles. The molecule has 1 aliphatic heterocycles. The Morgan fingerprint density at radius 1 is 0.935 bits per heavy atom. The maximum absolute atomic E-state index is 12.6. The second-order valence-electron chi connectivity index (χ2n) is 7.35. The lowest BCUT2D eigenvalue weighted by molar-refractivity contribution is 0.102. The molecular formula is C22H22N4O4S. The number of carbonyl (C=O) groups excluding carboxylic acids is 1. The van der Waals surface area contributed by atoms with Gasteiger partial charge in [0, 0.05) is 43.0 Å². The fourth-order valence-electron chi connectivity index (χ4n) is 3.44. The summed E-state index contributed by atoms with van der Waals surface area (Å²) in [6.07, 6.45) is 1.74. The van der Waals surface area contributed by atoms with Crippen molar-refractivity contribution in [2.24, 2.45) is 7.05 Å². The molecule has 0 atom stereocenters. The van der Waals surface area contributed by atoms with Crippen LogP contribution in [0, 0.1) is 0 Å². The molecule has 8 nitrogen and oxygen atoms in total. The van der Waals surface area contributed by atoms with E-state index in [1.54, 1.807) is 37.4 Å². The van der Waals surface area contributed by atoms with Gasteiger partial charge in [0.25, 0.3) is 11.5 Å². The number of nitrogens with zero attached hydrogens (tertiary/aromatic N) is 3. The van der Waals surface area contributed by atoms with E-state index in [0.717, 1.165) is 18.4 Å². The van der Waals surface area contributed by atoms with E-state index < -0.39 is 10.0 Å². The number of nitrogens with one attached hydrogen (secondary N) is 1. The average Bonchev–Trinajstić information content (AvgIpc) is 3.32. The molecule has 4 rings (SSSR count). The van der Waals surface area contributed by atoms with Gasteiger partial charge < -0.3 is 5.32 Å². The van der Waals surface area contributed by atoms with Crippen molar-refractivity contribution in [1.29, 1.82) is 0 Å². The highest BCUT2D eigenvalue weighted by Crippen LogP contribution is 2.22. The molecule has 1 aliphatic rings. The molecule has 0 saturated carbocycles. The number of anilines is 1. The molecule has 0 aliphatic carbocycles. The van der Waals surface area contributed by atoms with Gasteiger partial charge in [-0.05, 0) is 55.3 Å². The lowest BCUT2D eigenvalue weighted by Crippen LogP contribution is -2.27. The number of aryl methyl sites for hydroxylation is 1. The molecule has 9 heteroatoms. The highest BCUT2D eigenvalue weighted by Gasteiger charge is 2.27. The van der Waals surface area contributed by atoms with Crippen molar-refractivity contribution in [1.82, 2.24) is 14.1 Å². The Morgan fingerprint density at radius 2 is 1.58 bits per heavy atom. The first kappa shape index (κ1) is 21.0. The minimum atomic E-state index is -3.50. The van der Waals surface area contributed by atoms with Crippen LogP contribution in [0.1, 0.15) is 23.2 Å². The van der Waals surface area contributed by atoms with Gasteiger partial charge in [-0.1, -0.05) is 12.1 Å². The minimum Gasteiger partial charge on any atom is -0.322 e. The summed E-state index contributed by atoms with van der Waals surface area (Å²) in [4.78, 5) is 24.2. The third-order valence-corrected chi connectivity index (χ3v) is 7.13. The van der Waals surface area contributed by atoms with Crippen molar-refractivity contribution in [3.63, 3.8) is 0 Å². The Kier molecular flexibility index (Phi) is 5.71. The first-order valence-electron chi connectivity index (χ1n) is 9.91. The molecule has 3 aromatic rings. The van der Waals surface area contributed by atoms with Gasteiger partial charge in [0.05, 0.1) is 10.6 Å². The lowest BCUT2D eigenvalue weighted by Gasteiger charge is -2.15. The Hall–Kier alpha value is -3.30. The van der Waals surface area contributed by atoms with Gasteiger partial charge in [-0.15, -0.1) is 0 Å². The van der Waals surface area contributed by atoms with Crippen LogP contribution in [0.25, 0.3) is 11.3 Å². The summed E-state index contributed by atoms with van der Waals surface area (Å²) in [5.74, 6) is -0.335. The maximum Gasteiger partial charge on any atom is 0.266 e. The van der Waals surface area contributed by atoms with E-state index in [9.17, 15) is 18.0 Å². The van der Waals surface area contributed by atoms with E-state index in [1.807, 2.05) is 0 Å². The number of hydrogen-bond donors (Lipinski definition) is 1. The minimum absolute atomic E-state index is 0.188. The van der Waals surface area contributed by atoms with Crippen molar-refractivity contribution in [3.8, 4) is 11.3 Å². The predicted octanol–water partition coefficient (Wildman–Crippen LogP) is 2.48. The Morgan fingerprint density at radius 3 is 2.19 bits per heavy atom. The number of rotatable bonds is 5. The third-order valence-electron chi connectivity index (χ3n) is 5.22. The molecule has 31 heavy (non-hydrogen) atoms. The highest BCUT2D eigenvalue weighted by molar-refractivity contribution is 7.89. The number of aromatic nitrogens is 2. The topological polar surface area (TPSA) is 101 Å². The molecule has 1 fully saturated rings. The van der Waals surface area contributed by atoms with Gasteiger partial charge in [-0.2, -0.15) is 9.40 Å². The first-order valence-corrected chi connectivity index (χ1v) is 11.3. The highest BCUT2D eigenvalue weighted by atomic mass is 32.2. The predicted molar refractivity (Wildman–Crippen MR) is 117 cm³/mol. The lowest BCUT2D eigenvalue weighted by atomic mass is 10.1. The van der Waals surface area contributed by atoms with Crippen LogP contribution < -0.4 is 10.9 Å². The molecule has 1 amide bonds. The number of amides is 1.